The predicted octanol–water partition coefficient (Wildman–Crippen LogP) is 3.78. The van der Waals surface area contributed by atoms with E-state index in [2.05, 4.69) is 10.1 Å². The number of benzene rings is 2. The fourth-order valence-corrected chi connectivity index (χ4v) is 3.90. The van der Waals surface area contributed by atoms with E-state index < -0.39 is 0 Å². The summed E-state index contributed by atoms with van der Waals surface area (Å²) in [6.07, 6.45) is 0. The highest BCUT2D eigenvalue weighted by molar-refractivity contribution is 5.96. The molecular formula is C24H21N5O2. The summed E-state index contributed by atoms with van der Waals surface area (Å²) in [5.74, 6) is 1.40. The fourth-order valence-electron chi connectivity index (χ4n) is 3.90. The van der Waals surface area contributed by atoms with Crippen molar-refractivity contribution in [3.05, 3.63) is 88.1 Å². The summed E-state index contributed by atoms with van der Waals surface area (Å²) in [5.41, 5.74) is 4.51. The van der Waals surface area contributed by atoms with Crippen LogP contribution in [0.1, 0.15) is 17.1 Å². The van der Waals surface area contributed by atoms with E-state index in [-0.39, 0.29) is 5.56 Å². The molecule has 31 heavy (non-hydrogen) atoms. The lowest BCUT2D eigenvalue weighted by Gasteiger charge is -2.11. The Labute approximate surface area is 178 Å². The van der Waals surface area contributed by atoms with Gasteiger partial charge in [-0.1, -0.05) is 42.5 Å². The van der Waals surface area contributed by atoms with Crippen LogP contribution in [0.25, 0.3) is 27.7 Å². The molecule has 0 spiro atoms. The van der Waals surface area contributed by atoms with Crippen molar-refractivity contribution >= 4 is 16.4 Å². The van der Waals surface area contributed by atoms with Gasteiger partial charge in [0.1, 0.15) is 17.1 Å². The number of methoxy groups -OCH3 is 1. The average Bonchev–Trinajstić information content (AvgIpc) is 3.24. The quantitative estimate of drug-likeness (QED) is 0.450. The number of fused-ring (bicyclic) bond motifs is 3. The Morgan fingerprint density at radius 3 is 2.55 bits per heavy atom. The molecule has 154 valence electrons. The van der Waals surface area contributed by atoms with Crippen LogP contribution in [0.4, 0.5) is 0 Å². The Morgan fingerprint density at radius 2 is 1.77 bits per heavy atom. The molecule has 0 fully saturated rings. The summed E-state index contributed by atoms with van der Waals surface area (Å²) < 4.78 is 8.53. The van der Waals surface area contributed by atoms with Gasteiger partial charge < -0.3 is 4.74 Å². The third kappa shape index (κ3) is 3.24. The van der Waals surface area contributed by atoms with Crippen LogP contribution >= 0.6 is 0 Å². The van der Waals surface area contributed by atoms with Crippen molar-refractivity contribution in [1.82, 2.24) is 24.4 Å². The number of hydrogen-bond donors (Lipinski definition) is 0. The molecule has 0 aliphatic carbocycles. The normalized spacial score (nSPS) is 11.3. The molecule has 7 nitrogen and oxygen atoms in total. The van der Waals surface area contributed by atoms with E-state index in [0.29, 0.717) is 17.9 Å². The van der Waals surface area contributed by atoms with Crippen LogP contribution < -0.4 is 10.3 Å². The highest BCUT2D eigenvalue weighted by atomic mass is 16.5. The van der Waals surface area contributed by atoms with E-state index >= 15 is 0 Å². The van der Waals surface area contributed by atoms with Crippen LogP contribution in [0.15, 0.2) is 65.5 Å². The van der Waals surface area contributed by atoms with E-state index in [9.17, 15) is 4.79 Å². The summed E-state index contributed by atoms with van der Waals surface area (Å²) in [7, 11) is 1.62. The smallest absolute Gasteiger partial charge is 0.293 e. The third-order valence-electron chi connectivity index (χ3n) is 5.39. The first kappa shape index (κ1) is 19.0. The highest BCUT2D eigenvalue weighted by Crippen LogP contribution is 2.25. The lowest BCUT2D eigenvalue weighted by molar-refractivity contribution is 0.414. The molecule has 0 saturated carbocycles. The molecule has 3 aromatic heterocycles. The van der Waals surface area contributed by atoms with Crippen LogP contribution in [0.5, 0.6) is 5.75 Å². The van der Waals surface area contributed by atoms with Crippen molar-refractivity contribution in [2.45, 2.75) is 20.4 Å². The zero-order valence-corrected chi connectivity index (χ0v) is 17.5. The minimum atomic E-state index is -0.225. The molecule has 2 aromatic carbocycles. The van der Waals surface area contributed by atoms with E-state index in [1.807, 2.05) is 74.5 Å². The highest BCUT2D eigenvalue weighted by Gasteiger charge is 2.17. The van der Waals surface area contributed by atoms with Gasteiger partial charge in [0.2, 0.25) is 0 Å². The first-order valence-corrected chi connectivity index (χ1v) is 10.0. The fraction of sp³-hybridized carbons (Fsp3) is 0.167. The minimum Gasteiger partial charge on any atom is -0.497 e. The second kappa shape index (κ2) is 7.36. The van der Waals surface area contributed by atoms with E-state index in [1.165, 1.54) is 4.68 Å². The van der Waals surface area contributed by atoms with Gasteiger partial charge in [-0.05, 0) is 37.6 Å². The Hall–Kier alpha value is -4.00. The van der Waals surface area contributed by atoms with E-state index in [4.69, 9.17) is 9.84 Å². The zero-order chi connectivity index (χ0) is 21.5. The van der Waals surface area contributed by atoms with Gasteiger partial charge in [-0.2, -0.15) is 10.2 Å². The molecule has 7 heteroatoms. The minimum absolute atomic E-state index is 0.225. The van der Waals surface area contributed by atoms with Crippen molar-refractivity contribution in [3.63, 3.8) is 0 Å². The monoisotopic (exact) mass is 411 g/mol. The van der Waals surface area contributed by atoms with Crippen molar-refractivity contribution < 1.29 is 4.74 Å². The number of ether oxygens (including phenoxy) is 1. The Bertz CT molecular complexity index is 1490. The number of aromatic nitrogens is 5. The lowest BCUT2D eigenvalue weighted by atomic mass is 10.1. The van der Waals surface area contributed by atoms with Gasteiger partial charge in [-0.15, -0.1) is 0 Å². The molecule has 0 N–H and O–H groups in total. The maximum atomic E-state index is 13.3. The number of rotatable bonds is 4. The standard InChI is InChI=1S/C24H21N5O2/c1-15-22-21-13-20(18-9-5-4-6-10-18)27-29(21)16(2)25-23(22)24(30)28(26-15)14-17-8-7-11-19(12-17)31-3/h4-13H,14H2,1-3H3. The molecule has 0 aliphatic rings. The molecule has 0 unspecified atom stereocenters. The topological polar surface area (TPSA) is 74.3 Å². The van der Waals surface area contributed by atoms with Crippen LogP contribution in [-0.4, -0.2) is 31.5 Å². The van der Waals surface area contributed by atoms with E-state index in [1.54, 1.807) is 11.6 Å². The summed E-state index contributed by atoms with van der Waals surface area (Å²) in [4.78, 5) is 17.9. The molecule has 5 rings (SSSR count). The van der Waals surface area contributed by atoms with Gasteiger partial charge in [0, 0.05) is 5.56 Å². The molecule has 0 saturated heterocycles. The van der Waals surface area contributed by atoms with Crippen LogP contribution in [0, 0.1) is 13.8 Å². The van der Waals surface area contributed by atoms with Crippen LogP contribution in [0.2, 0.25) is 0 Å². The lowest BCUT2D eigenvalue weighted by Crippen LogP contribution is -2.26. The van der Waals surface area contributed by atoms with Gasteiger partial charge in [0.25, 0.3) is 5.56 Å². The van der Waals surface area contributed by atoms with Crippen LogP contribution in [0.3, 0.4) is 0 Å². The Morgan fingerprint density at radius 1 is 0.968 bits per heavy atom. The Kier molecular flexibility index (Phi) is 4.51. The van der Waals surface area contributed by atoms with Crippen molar-refractivity contribution in [2.75, 3.05) is 7.11 Å². The second-order valence-corrected chi connectivity index (χ2v) is 7.48. The van der Waals surface area contributed by atoms with Crippen molar-refractivity contribution in [3.8, 4) is 17.0 Å². The summed E-state index contributed by atoms with van der Waals surface area (Å²) in [6.45, 7) is 4.10. The van der Waals surface area contributed by atoms with Gasteiger partial charge in [-0.25, -0.2) is 14.2 Å². The predicted molar refractivity (Wildman–Crippen MR) is 120 cm³/mol. The SMILES string of the molecule is COc1cccc(Cn2nc(C)c3c(nc(C)n4nc(-c5ccccc5)cc34)c2=O)c1. The maximum Gasteiger partial charge on any atom is 0.293 e. The molecule has 0 atom stereocenters. The third-order valence-corrected chi connectivity index (χ3v) is 5.39. The maximum absolute atomic E-state index is 13.3. The van der Waals surface area contributed by atoms with Gasteiger partial charge in [0.15, 0.2) is 0 Å². The first-order chi connectivity index (χ1) is 15.0. The molecule has 5 aromatic rings. The van der Waals surface area contributed by atoms with E-state index in [0.717, 1.165) is 39.2 Å². The van der Waals surface area contributed by atoms with Gasteiger partial charge in [-0.3, -0.25) is 4.79 Å². The van der Waals surface area contributed by atoms with Crippen LogP contribution in [-0.2, 0) is 6.54 Å². The van der Waals surface area contributed by atoms with Gasteiger partial charge in [0.05, 0.1) is 35.9 Å². The molecule has 0 amide bonds. The summed E-state index contributed by atoms with van der Waals surface area (Å²) >= 11 is 0. The zero-order valence-electron chi connectivity index (χ0n) is 17.5. The molecule has 0 radical (unpaired) electrons. The molecular weight excluding hydrogens is 390 g/mol. The first-order valence-electron chi connectivity index (χ1n) is 10.0. The number of hydrogen-bond acceptors (Lipinski definition) is 5. The average molecular weight is 411 g/mol. The summed E-state index contributed by atoms with van der Waals surface area (Å²) in [5, 5.41) is 10.0. The summed E-state index contributed by atoms with van der Waals surface area (Å²) in [6, 6.07) is 19.6. The van der Waals surface area contributed by atoms with Gasteiger partial charge >= 0.3 is 0 Å². The van der Waals surface area contributed by atoms with Crippen molar-refractivity contribution in [2.24, 2.45) is 0 Å². The number of nitrogens with zero attached hydrogens (tertiary/aromatic N) is 5. The number of aryl methyl sites for hydroxylation is 2. The van der Waals surface area contributed by atoms with Crippen molar-refractivity contribution in [1.29, 1.82) is 0 Å². The molecule has 3 heterocycles. The molecule has 0 aliphatic heterocycles. The second-order valence-electron chi connectivity index (χ2n) is 7.48. The molecule has 0 bridgehead atoms. The Balaban J connectivity index is 1.70. The largest absolute Gasteiger partial charge is 0.497 e.